The van der Waals surface area contributed by atoms with Gasteiger partial charge >= 0.3 is 39.1 Å². The Morgan fingerprint density at radius 1 is 0.414 bits per heavy atom. The maximum Gasteiger partial charge on any atom is 0.472 e. The van der Waals surface area contributed by atoms with Crippen LogP contribution in [0.25, 0.3) is 55.8 Å². The van der Waals surface area contributed by atoms with Crippen molar-refractivity contribution in [3.8, 4) is 0 Å². The predicted molar refractivity (Wildman–Crippen MR) is 384 cm³/mol. The van der Waals surface area contributed by atoms with Crippen molar-refractivity contribution in [2.75, 3.05) is 68.3 Å². The number of ether oxygens (including phenoxy) is 5. The second-order valence-corrected chi connectivity index (χ2v) is 34.9. The molecule has 18 rings (SSSR count). The number of azo groups is 1. The lowest BCUT2D eigenvalue weighted by atomic mass is 9.79. The molecular weight excluding hydrogens is 1650 g/mol. The zero-order valence-electron chi connectivity index (χ0n) is 59.8. The summed E-state index contributed by atoms with van der Waals surface area (Å²) in [5, 5.41) is 19.6. The van der Waals surface area contributed by atoms with Gasteiger partial charge in [0, 0.05) is 32.1 Å². The number of fused-ring (bicyclic) bond motifs is 7. The van der Waals surface area contributed by atoms with Crippen molar-refractivity contribution in [2.24, 2.45) is 10.2 Å². The van der Waals surface area contributed by atoms with E-state index in [1.54, 1.807) is 0 Å². The van der Waals surface area contributed by atoms with Gasteiger partial charge in [-0.2, -0.15) is 15.2 Å². The summed E-state index contributed by atoms with van der Waals surface area (Å²) in [6.45, 7) is -4.70. The van der Waals surface area contributed by atoms with E-state index in [0.717, 1.165) is 31.8 Å². The molecule has 116 heavy (non-hydrogen) atoms. The number of aromatic amines is 1. The lowest BCUT2D eigenvalue weighted by Crippen LogP contribution is -2.41. The van der Waals surface area contributed by atoms with E-state index >= 15 is 0 Å². The summed E-state index contributed by atoms with van der Waals surface area (Å²) in [4.78, 5) is 130. The van der Waals surface area contributed by atoms with Crippen LogP contribution in [0.5, 0.6) is 0 Å². The fourth-order valence-electron chi connectivity index (χ4n) is 14.7. The largest absolute Gasteiger partial charge is 0.472 e. The van der Waals surface area contributed by atoms with Crippen LogP contribution in [0, 0.1) is 0 Å². The Bertz CT molecular complexity index is 5720. The van der Waals surface area contributed by atoms with E-state index in [1.165, 1.54) is 60.8 Å². The number of phosphoric ester groups is 5. The van der Waals surface area contributed by atoms with Crippen molar-refractivity contribution in [1.82, 2.24) is 97.6 Å². The van der Waals surface area contributed by atoms with E-state index < -0.39 is 175 Å². The van der Waals surface area contributed by atoms with Crippen LogP contribution < -0.4 is 34.2 Å². The molecule has 5 saturated heterocycles. The van der Waals surface area contributed by atoms with Crippen LogP contribution in [0.15, 0.2) is 72.0 Å². The van der Waals surface area contributed by atoms with Gasteiger partial charge in [-0.25, -0.2) is 87.6 Å². The third-order valence-electron chi connectivity index (χ3n) is 20.4. The molecular formula is C57H72N27O27P5. The maximum absolute atomic E-state index is 14.6. The summed E-state index contributed by atoms with van der Waals surface area (Å²) in [7, 11) is -26.5. The fraction of sp³-hybridized carbons (Fsp3) is 0.561. The van der Waals surface area contributed by atoms with Gasteiger partial charge in [0.15, 0.2) is 57.0 Å². The van der Waals surface area contributed by atoms with Gasteiger partial charge in [0.2, 0.25) is 5.95 Å². The van der Waals surface area contributed by atoms with Gasteiger partial charge in [0.05, 0.1) is 83.4 Å². The number of anilines is 5. The molecule has 10 aromatic heterocycles. The van der Waals surface area contributed by atoms with Crippen molar-refractivity contribution in [3.63, 3.8) is 0 Å². The highest BCUT2D eigenvalue weighted by molar-refractivity contribution is 7.48. The molecule has 0 amide bonds. The van der Waals surface area contributed by atoms with E-state index in [4.69, 9.17) is 97.6 Å². The number of H-pyrrole nitrogens is 1. The maximum atomic E-state index is 14.6. The molecule has 1 aliphatic carbocycles. The van der Waals surface area contributed by atoms with E-state index in [2.05, 4.69) is 85.0 Å². The van der Waals surface area contributed by atoms with Crippen LogP contribution in [0.2, 0.25) is 0 Å². The molecule has 0 aromatic carbocycles. The molecule has 10 aromatic rings. The van der Waals surface area contributed by atoms with Crippen LogP contribution in [0.1, 0.15) is 88.9 Å². The second kappa shape index (κ2) is 31.3. The van der Waals surface area contributed by atoms with Crippen molar-refractivity contribution in [1.29, 1.82) is 0 Å². The number of aliphatic hydroxyl groups excluding tert-OH is 1. The first kappa shape index (κ1) is 79.9. The number of hydrogen-bond donors (Lipinski definition) is 12. The van der Waals surface area contributed by atoms with Crippen LogP contribution in [-0.4, -0.2) is 239 Å². The molecule has 17 N–H and O–H groups in total. The number of nitrogens with zero attached hydrogens (tertiary/aromatic N) is 21. The van der Waals surface area contributed by atoms with Gasteiger partial charge in [-0.05, 0) is 25.7 Å². The molecule has 17 heterocycles. The Labute approximate surface area is 648 Å². The molecule has 8 aliphatic rings. The van der Waals surface area contributed by atoms with Crippen molar-refractivity contribution < 1.29 is 121 Å². The first-order chi connectivity index (χ1) is 55.4. The summed E-state index contributed by atoms with van der Waals surface area (Å²) in [5.41, 5.74) is 29.8. The highest BCUT2D eigenvalue weighted by Crippen LogP contribution is 2.57. The summed E-state index contributed by atoms with van der Waals surface area (Å²) < 4.78 is 165. The van der Waals surface area contributed by atoms with Gasteiger partial charge in [0.25, 0.3) is 5.56 Å². The Morgan fingerprint density at radius 3 is 1.07 bits per heavy atom. The summed E-state index contributed by atoms with van der Waals surface area (Å²) in [6, 6.07) is 0.0737. The first-order valence-electron chi connectivity index (χ1n) is 35.4. The van der Waals surface area contributed by atoms with Gasteiger partial charge in [-0.3, -0.25) is 77.9 Å². The zero-order valence-corrected chi connectivity index (χ0v) is 64.3. The molecule has 2 bridgehead atoms. The summed E-state index contributed by atoms with van der Waals surface area (Å²) >= 11 is 0. The van der Waals surface area contributed by atoms with E-state index in [1.807, 2.05) is 0 Å². The van der Waals surface area contributed by atoms with Gasteiger partial charge in [0.1, 0.15) is 139 Å². The van der Waals surface area contributed by atoms with Crippen LogP contribution in [0.3, 0.4) is 0 Å². The average Bonchev–Trinajstić information content (AvgIpc) is 1.42. The second-order valence-electron chi connectivity index (χ2n) is 27.8. The Hall–Kier alpha value is -8.54. The zero-order chi connectivity index (χ0) is 81.0. The van der Waals surface area contributed by atoms with Gasteiger partial charge < -0.3 is 81.9 Å². The van der Waals surface area contributed by atoms with Gasteiger partial charge in [-0.1, -0.05) is 0 Å². The molecule has 1 saturated carbocycles. The van der Waals surface area contributed by atoms with Crippen molar-refractivity contribution in [2.45, 2.75) is 162 Å². The quantitative estimate of drug-likeness (QED) is 0.0274. The minimum Gasteiger partial charge on any atom is -0.390 e. The minimum absolute atomic E-state index is 0.0115. The Morgan fingerprint density at radius 2 is 0.724 bits per heavy atom. The van der Waals surface area contributed by atoms with Crippen LogP contribution in [-0.2, 0) is 91.7 Å². The lowest BCUT2D eigenvalue weighted by Gasteiger charge is -2.39. The van der Waals surface area contributed by atoms with Crippen LogP contribution in [0.4, 0.5) is 29.2 Å². The topological polar surface area (TPSA) is 738 Å². The highest BCUT2D eigenvalue weighted by atomic mass is 31.2. The first-order valence-corrected chi connectivity index (χ1v) is 42.9. The van der Waals surface area contributed by atoms with Crippen molar-refractivity contribution in [3.05, 3.63) is 67.3 Å². The predicted octanol–water partition coefficient (Wildman–Crippen LogP) is 1.48. The number of hydrogen-bond acceptors (Lipinski definition) is 43. The molecule has 0 spiro atoms. The standard InChI is InChI=1S/C57H72N27O27P5/c58-46-41-50(67-16-63-46)80(20-71-41)37-6-27(32(104-37)11-97-112(87,88)102-15-57-3-1-25(2-4-57)78-79-57)109-114(91,92)99-13-34-29(8-39(106-34)82-22-73-43-48(60)65-18-69-52(43)82)111-116(95,96)101-14-35-30(9-40(107-35)83-23-74-44-49(61)66-19-70-53(44)83)110-115(93,94)100-12-33-28(7-38(105-33)81-21-72-42-47(59)64-17-68-51(42)81)108-113(89,90)98-10-31-26(85)5-36(103-31)84-24-75-45-54(84)76-56(62)77-55(45)86/h16-40,85H,1-15H2,(H,87,88)(H,89,90)(H,91,92)(H,93,94)(H,95,96)(H2,58,63,67)(H2,59,64,68)(H2,60,65,69)(H2,61,66,70)(H3,62,76,77,86)/t25?,26-,27-,28-,29-,30-,31+,32+,33+,34+,35+,36+,37+,38+,39+,40+,57?/m0/s1. The SMILES string of the molecule is Nc1nc2c(ncn2[C@H]2C[C@H](O)[C@@H](COP(=O)(O)O[C@H]3C[C@H](n4cnc5c(N)ncnc54)O[C@@H]3COP(=O)(O)O[C@H]3C[C@H](n4cnc5c(N)ncnc54)O[C@@H]3COP(=O)(O)O[C@H]3C[C@H](n4cnc5c(N)ncnc54)O[C@@H]3COP(=O)(O)O[C@H]3C[C@H](n4cnc5c(N)ncnc54)O[C@@H]3COP(=O)(O)OCC34CCC(CC3)N=N4)O2)c(=O)[nH]1. The molecule has 59 heteroatoms. The molecule has 622 valence electrons. The normalized spacial score (nSPS) is 30.8. The number of nitrogens with one attached hydrogen (secondary N) is 1. The van der Waals surface area contributed by atoms with E-state index in [0.29, 0.717) is 12.8 Å². The molecule has 20 atom stereocenters. The number of aromatic nitrogens is 20. The third-order valence-corrected chi connectivity index (χ3v) is 25.4. The number of nitrogens with two attached hydrogens (primary N) is 5. The molecule has 7 aliphatic heterocycles. The molecule has 54 nitrogen and oxygen atoms in total. The summed E-state index contributed by atoms with van der Waals surface area (Å²) in [6.07, 6.45) is -8.74. The monoisotopic (exact) mass is 1720 g/mol. The lowest BCUT2D eigenvalue weighted by molar-refractivity contribution is -0.0632. The smallest absolute Gasteiger partial charge is 0.390 e. The number of aliphatic hydroxyl groups is 1. The average molecular weight is 1720 g/mol. The molecule has 0 radical (unpaired) electrons. The van der Waals surface area contributed by atoms with Crippen LogP contribution >= 0.6 is 39.1 Å². The number of phosphoric acid groups is 5. The number of rotatable bonds is 31. The van der Waals surface area contributed by atoms with Crippen molar-refractivity contribution >= 4 is 124 Å². The van der Waals surface area contributed by atoms with E-state index in [9.17, 15) is 57.2 Å². The Kier molecular flexibility index (Phi) is 21.6. The highest BCUT2D eigenvalue weighted by Gasteiger charge is 2.52. The molecule has 6 fully saturated rings. The Balaban J connectivity index is 0.585. The minimum atomic E-state index is -5.50. The van der Waals surface area contributed by atoms with E-state index in [-0.39, 0.29) is 130 Å². The molecule has 5 unspecified atom stereocenters. The third kappa shape index (κ3) is 16.6. The number of imidazole rings is 5. The number of nitrogen functional groups attached to an aromatic ring is 5. The fourth-order valence-corrected chi connectivity index (χ4v) is 19.3. The van der Waals surface area contributed by atoms with Gasteiger partial charge in [-0.15, -0.1) is 0 Å². The summed E-state index contributed by atoms with van der Waals surface area (Å²) in [5.74, 6) is -0.276.